The number of hydrogen-bond acceptors (Lipinski definition) is 1. The van der Waals surface area contributed by atoms with Crippen molar-refractivity contribution in [1.29, 1.82) is 0 Å². The zero-order valence-electron chi connectivity index (χ0n) is 5.46. The minimum Gasteiger partial charge on any atom is -0.370 e. The SMILES string of the molecule is C#CC(CC)N=C(N)N. The van der Waals surface area contributed by atoms with Crippen LogP contribution in [-0.4, -0.2) is 12.0 Å². The molecule has 1 unspecified atom stereocenters. The number of nitrogens with zero attached hydrogens (tertiary/aromatic N) is 1. The highest BCUT2D eigenvalue weighted by Crippen LogP contribution is 1.92. The standard InChI is InChI=1S/C6H11N3/c1-3-5(4-2)9-6(7)8/h1,5H,4H2,2H3,(H4,7,8,9). The number of nitrogens with two attached hydrogens (primary N) is 2. The van der Waals surface area contributed by atoms with Gasteiger partial charge in [0.25, 0.3) is 0 Å². The second-order valence-electron chi connectivity index (χ2n) is 1.64. The van der Waals surface area contributed by atoms with Crippen LogP contribution in [0.25, 0.3) is 0 Å². The van der Waals surface area contributed by atoms with Gasteiger partial charge in [-0.05, 0) is 6.42 Å². The highest BCUT2D eigenvalue weighted by Gasteiger charge is 1.95. The van der Waals surface area contributed by atoms with Crippen molar-refractivity contribution in [2.45, 2.75) is 19.4 Å². The van der Waals surface area contributed by atoms with Crippen molar-refractivity contribution < 1.29 is 0 Å². The molecule has 3 heteroatoms. The van der Waals surface area contributed by atoms with Gasteiger partial charge in [-0.15, -0.1) is 6.42 Å². The predicted molar refractivity (Wildman–Crippen MR) is 38.7 cm³/mol. The Bertz CT molecular complexity index is 139. The van der Waals surface area contributed by atoms with Crippen molar-refractivity contribution in [1.82, 2.24) is 0 Å². The maximum atomic E-state index is 5.08. The zero-order valence-corrected chi connectivity index (χ0v) is 5.46. The van der Waals surface area contributed by atoms with Gasteiger partial charge in [0.2, 0.25) is 0 Å². The van der Waals surface area contributed by atoms with E-state index in [0.29, 0.717) is 0 Å². The Hall–Kier alpha value is -1.17. The number of aliphatic imine (C=N–C) groups is 1. The fourth-order valence-electron chi connectivity index (χ4n) is 0.426. The average molecular weight is 125 g/mol. The van der Waals surface area contributed by atoms with E-state index in [1.165, 1.54) is 0 Å². The molecule has 0 aromatic heterocycles. The molecule has 0 fully saturated rings. The number of rotatable bonds is 2. The van der Waals surface area contributed by atoms with Crippen LogP contribution in [0.15, 0.2) is 4.99 Å². The lowest BCUT2D eigenvalue weighted by Crippen LogP contribution is -2.24. The van der Waals surface area contributed by atoms with Gasteiger partial charge in [-0.2, -0.15) is 0 Å². The molecular formula is C6H11N3. The molecule has 0 amide bonds. The third-order valence-corrected chi connectivity index (χ3v) is 0.884. The molecule has 50 valence electrons. The van der Waals surface area contributed by atoms with Crippen LogP contribution in [0.3, 0.4) is 0 Å². The van der Waals surface area contributed by atoms with Gasteiger partial charge < -0.3 is 11.5 Å². The van der Waals surface area contributed by atoms with Gasteiger partial charge in [0.1, 0.15) is 6.04 Å². The van der Waals surface area contributed by atoms with Crippen LogP contribution < -0.4 is 11.5 Å². The summed E-state index contributed by atoms with van der Waals surface area (Å²) >= 11 is 0. The lowest BCUT2D eigenvalue weighted by Gasteiger charge is -1.98. The van der Waals surface area contributed by atoms with Gasteiger partial charge >= 0.3 is 0 Å². The lowest BCUT2D eigenvalue weighted by molar-refractivity contribution is 0.805. The van der Waals surface area contributed by atoms with E-state index in [0.717, 1.165) is 6.42 Å². The molecule has 9 heavy (non-hydrogen) atoms. The maximum Gasteiger partial charge on any atom is 0.187 e. The van der Waals surface area contributed by atoms with E-state index in [1.807, 2.05) is 6.92 Å². The van der Waals surface area contributed by atoms with Crippen molar-refractivity contribution >= 4 is 5.96 Å². The Morgan fingerprint density at radius 3 is 2.44 bits per heavy atom. The molecule has 0 aliphatic carbocycles. The van der Waals surface area contributed by atoms with Crippen LogP contribution in [0.4, 0.5) is 0 Å². The van der Waals surface area contributed by atoms with Crippen LogP contribution in [0.1, 0.15) is 13.3 Å². The molecule has 0 heterocycles. The van der Waals surface area contributed by atoms with Gasteiger partial charge in [0.15, 0.2) is 5.96 Å². The number of terminal acetylenes is 1. The summed E-state index contributed by atoms with van der Waals surface area (Å²) in [7, 11) is 0. The molecule has 0 saturated carbocycles. The molecule has 0 aromatic carbocycles. The van der Waals surface area contributed by atoms with Crippen LogP contribution in [0.5, 0.6) is 0 Å². The smallest absolute Gasteiger partial charge is 0.187 e. The fourth-order valence-corrected chi connectivity index (χ4v) is 0.426. The van der Waals surface area contributed by atoms with E-state index in [1.54, 1.807) is 0 Å². The quantitative estimate of drug-likeness (QED) is 0.301. The van der Waals surface area contributed by atoms with E-state index >= 15 is 0 Å². The third kappa shape index (κ3) is 3.42. The molecule has 4 N–H and O–H groups in total. The molecule has 0 aromatic rings. The largest absolute Gasteiger partial charge is 0.370 e. The van der Waals surface area contributed by atoms with E-state index in [4.69, 9.17) is 17.9 Å². The van der Waals surface area contributed by atoms with Gasteiger partial charge in [-0.1, -0.05) is 12.8 Å². The minimum absolute atomic E-state index is 0.0554. The Balaban J connectivity index is 3.87. The van der Waals surface area contributed by atoms with E-state index in [2.05, 4.69) is 10.9 Å². The maximum absolute atomic E-state index is 5.08. The number of hydrogen-bond donors (Lipinski definition) is 2. The van der Waals surface area contributed by atoms with Gasteiger partial charge in [-0.3, -0.25) is 0 Å². The summed E-state index contributed by atoms with van der Waals surface area (Å²) in [5.74, 6) is 2.49. The first-order valence-corrected chi connectivity index (χ1v) is 2.75. The second-order valence-corrected chi connectivity index (χ2v) is 1.64. The van der Waals surface area contributed by atoms with Crippen molar-refractivity contribution in [2.75, 3.05) is 0 Å². The summed E-state index contributed by atoms with van der Waals surface area (Å²) in [5.41, 5.74) is 10.2. The summed E-state index contributed by atoms with van der Waals surface area (Å²) in [6.45, 7) is 1.93. The van der Waals surface area contributed by atoms with Gasteiger partial charge in [-0.25, -0.2) is 4.99 Å². The third-order valence-electron chi connectivity index (χ3n) is 0.884. The van der Waals surface area contributed by atoms with Crippen LogP contribution in [-0.2, 0) is 0 Å². The molecule has 0 radical (unpaired) electrons. The summed E-state index contributed by atoms with van der Waals surface area (Å²) in [4.78, 5) is 3.75. The van der Waals surface area contributed by atoms with Crippen LogP contribution >= 0.6 is 0 Å². The molecule has 0 aliphatic heterocycles. The van der Waals surface area contributed by atoms with Crippen LogP contribution in [0.2, 0.25) is 0 Å². The molecule has 0 saturated heterocycles. The van der Waals surface area contributed by atoms with Crippen molar-refractivity contribution in [3.8, 4) is 12.3 Å². The monoisotopic (exact) mass is 125 g/mol. The van der Waals surface area contributed by atoms with Gasteiger partial charge in [0.05, 0.1) is 0 Å². The minimum atomic E-state index is -0.157. The first kappa shape index (κ1) is 7.83. The summed E-state index contributed by atoms with van der Waals surface area (Å²) in [6, 6.07) is -0.157. The predicted octanol–water partition coefficient (Wildman–Crippen LogP) is -0.328. The topological polar surface area (TPSA) is 64.4 Å². The summed E-state index contributed by atoms with van der Waals surface area (Å²) in [5, 5.41) is 0. The van der Waals surface area contributed by atoms with Crippen LogP contribution in [0, 0.1) is 12.3 Å². The first-order valence-electron chi connectivity index (χ1n) is 2.75. The van der Waals surface area contributed by atoms with E-state index in [-0.39, 0.29) is 12.0 Å². The van der Waals surface area contributed by atoms with Crippen molar-refractivity contribution in [3.05, 3.63) is 0 Å². The average Bonchev–Trinajstić information content (AvgIpc) is 1.82. The molecule has 0 rings (SSSR count). The zero-order chi connectivity index (χ0) is 7.28. The lowest BCUT2D eigenvalue weighted by atomic mass is 10.2. The Morgan fingerprint density at radius 2 is 2.33 bits per heavy atom. The van der Waals surface area contributed by atoms with Crippen molar-refractivity contribution in [2.24, 2.45) is 16.5 Å². The summed E-state index contributed by atoms with van der Waals surface area (Å²) < 4.78 is 0. The van der Waals surface area contributed by atoms with Crippen molar-refractivity contribution in [3.63, 3.8) is 0 Å². The molecule has 0 bridgehead atoms. The van der Waals surface area contributed by atoms with E-state index in [9.17, 15) is 0 Å². The molecule has 0 aliphatic rings. The molecule has 0 spiro atoms. The van der Waals surface area contributed by atoms with Gasteiger partial charge in [0, 0.05) is 0 Å². The molecule has 1 atom stereocenters. The Kier molecular flexibility index (Phi) is 3.29. The summed E-state index contributed by atoms with van der Waals surface area (Å²) in [6.07, 6.45) is 5.84. The highest BCUT2D eigenvalue weighted by molar-refractivity contribution is 5.76. The molecular weight excluding hydrogens is 114 g/mol. The Labute approximate surface area is 55.1 Å². The number of guanidine groups is 1. The first-order chi connectivity index (χ1) is 4.20. The Morgan fingerprint density at radius 1 is 1.78 bits per heavy atom. The fraction of sp³-hybridized carbons (Fsp3) is 0.500. The highest BCUT2D eigenvalue weighted by atomic mass is 15.0. The normalized spacial score (nSPS) is 11.6. The molecule has 3 nitrogen and oxygen atoms in total. The van der Waals surface area contributed by atoms with E-state index < -0.39 is 0 Å². The second kappa shape index (κ2) is 3.79.